The fourth-order valence-corrected chi connectivity index (χ4v) is 3.25. The van der Waals surface area contributed by atoms with Crippen LogP contribution in [-0.2, 0) is 19.9 Å². The van der Waals surface area contributed by atoms with Crippen molar-refractivity contribution in [2.45, 2.75) is 25.8 Å². The van der Waals surface area contributed by atoms with Crippen LogP contribution in [0.4, 0.5) is 0 Å². The molecule has 0 aliphatic heterocycles. The molecule has 0 saturated carbocycles. The number of fused-ring (bicyclic) bond motifs is 1. The highest BCUT2D eigenvalue weighted by atomic mass is 15.3. The number of aromatic nitrogens is 2. The highest BCUT2D eigenvalue weighted by molar-refractivity contribution is 5.33. The van der Waals surface area contributed by atoms with Crippen molar-refractivity contribution in [1.29, 1.82) is 0 Å². The van der Waals surface area contributed by atoms with E-state index < -0.39 is 0 Å². The molecule has 1 atom stereocenters. The maximum atomic E-state index is 4.32. The summed E-state index contributed by atoms with van der Waals surface area (Å²) in [6.07, 6.45) is 4.22. The highest BCUT2D eigenvalue weighted by Crippen LogP contribution is 2.34. The molecule has 0 amide bonds. The second-order valence-corrected chi connectivity index (χ2v) is 5.35. The fraction of sp³-hybridized carbons (Fsp3) is 0.438. The Balaban J connectivity index is 1.86. The van der Waals surface area contributed by atoms with Gasteiger partial charge in [-0.05, 0) is 42.5 Å². The summed E-state index contributed by atoms with van der Waals surface area (Å²) in [5.41, 5.74) is 4.31. The second-order valence-electron chi connectivity index (χ2n) is 5.35. The van der Waals surface area contributed by atoms with Gasteiger partial charge in [-0.3, -0.25) is 4.68 Å². The predicted molar refractivity (Wildman–Crippen MR) is 77.0 cm³/mol. The Morgan fingerprint density at radius 3 is 2.47 bits per heavy atom. The molecular formula is C16H21N3. The summed E-state index contributed by atoms with van der Waals surface area (Å²) in [5, 5.41) is 7.96. The average molecular weight is 255 g/mol. The Morgan fingerprint density at radius 2 is 1.95 bits per heavy atom. The van der Waals surface area contributed by atoms with Crippen molar-refractivity contribution in [3.63, 3.8) is 0 Å². The molecular weight excluding hydrogens is 234 g/mol. The third kappa shape index (κ3) is 2.30. The molecule has 0 spiro atoms. The van der Waals surface area contributed by atoms with E-state index in [0.29, 0.717) is 12.0 Å². The van der Waals surface area contributed by atoms with Crippen LogP contribution in [0, 0.1) is 5.92 Å². The first-order valence-electron chi connectivity index (χ1n) is 7.07. The molecule has 0 fully saturated rings. The van der Waals surface area contributed by atoms with Gasteiger partial charge >= 0.3 is 0 Å². The van der Waals surface area contributed by atoms with Crippen molar-refractivity contribution in [2.75, 3.05) is 6.54 Å². The first kappa shape index (κ1) is 12.4. The van der Waals surface area contributed by atoms with E-state index in [1.54, 1.807) is 0 Å². The first-order valence-corrected chi connectivity index (χ1v) is 7.07. The van der Waals surface area contributed by atoms with Crippen LogP contribution in [-0.4, -0.2) is 16.3 Å². The number of benzene rings is 1. The summed E-state index contributed by atoms with van der Waals surface area (Å²) in [6.45, 7) is 3.16. The molecule has 0 radical (unpaired) electrons. The lowest BCUT2D eigenvalue weighted by Gasteiger charge is -2.24. The van der Waals surface area contributed by atoms with Crippen molar-refractivity contribution in [1.82, 2.24) is 15.1 Å². The van der Waals surface area contributed by atoms with Crippen LogP contribution in [0.25, 0.3) is 0 Å². The lowest BCUT2D eigenvalue weighted by atomic mass is 9.93. The topological polar surface area (TPSA) is 29.9 Å². The molecule has 1 heterocycles. The van der Waals surface area contributed by atoms with Gasteiger partial charge in [-0.1, -0.05) is 31.2 Å². The van der Waals surface area contributed by atoms with Gasteiger partial charge in [-0.2, -0.15) is 5.10 Å². The second kappa shape index (κ2) is 5.17. The summed E-state index contributed by atoms with van der Waals surface area (Å²) in [7, 11) is 2.03. The van der Waals surface area contributed by atoms with Gasteiger partial charge in [-0.15, -0.1) is 0 Å². The van der Waals surface area contributed by atoms with Crippen LogP contribution in [0.1, 0.15) is 29.8 Å². The van der Waals surface area contributed by atoms with E-state index in [1.165, 1.54) is 29.7 Å². The molecule has 0 bridgehead atoms. The highest BCUT2D eigenvalue weighted by Gasteiger charge is 2.30. The van der Waals surface area contributed by atoms with E-state index >= 15 is 0 Å². The molecule has 3 rings (SSSR count). The molecule has 0 saturated heterocycles. The molecule has 1 aromatic carbocycles. The van der Waals surface area contributed by atoms with Gasteiger partial charge in [0.15, 0.2) is 0 Å². The monoisotopic (exact) mass is 255 g/mol. The Bertz CT molecular complexity index is 534. The van der Waals surface area contributed by atoms with Crippen LogP contribution in [0.3, 0.4) is 0 Å². The van der Waals surface area contributed by atoms with Gasteiger partial charge in [0.05, 0.1) is 11.7 Å². The zero-order valence-electron chi connectivity index (χ0n) is 11.6. The van der Waals surface area contributed by atoms with E-state index in [4.69, 9.17) is 0 Å². The number of hydrogen-bond donors (Lipinski definition) is 1. The number of aryl methyl sites for hydroxylation is 1. The lowest BCUT2D eigenvalue weighted by Crippen LogP contribution is -2.30. The molecule has 1 aliphatic rings. The molecule has 3 heteroatoms. The van der Waals surface area contributed by atoms with Gasteiger partial charge in [0.1, 0.15) is 0 Å². The third-order valence-electron chi connectivity index (χ3n) is 4.16. The molecule has 1 unspecified atom stereocenters. The SMILES string of the molecule is CCNC(c1ccnn1C)C1Cc2ccccc2C1. The van der Waals surface area contributed by atoms with Crippen LogP contribution in [0.2, 0.25) is 0 Å². The normalized spacial score (nSPS) is 16.5. The fourth-order valence-electron chi connectivity index (χ4n) is 3.25. The van der Waals surface area contributed by atoms with Gasteiger partial charge in [0.25, 0.3) is 0 Å². The van der Waals surface area contributed by atoms with Crippen LogP contribution < -0.4 is 5.32 Å². The number of nitrogens with zero attached hydrogens (tertiary/aromatic N) is 2. The van der Waals surface area contributed by atoms with Crippen molar-refractivity contribution in [3.8, 4) is 0 Å². The summed E-state index contributed by atoms with van der Waals surface area (Å²) < 4.78 is 2.00. The summed E-state index contributed by atoms with van der Waals surface area (Å²) in [6, 6.07) is 11.4. The molecule has 1 aliphatic carbocycles. The Labute approximate surface area is 114 Å². The molecule has 2 aromatic rings. The van der Waals surface area contributed by atoms with Gasteiger partial charge < -0.3 is 5.32 Å². The van der Waals surface area contributed by atoms with Crippen LogP contribution >= 0.6 is 0 Å². The minimum atomic E-state index is 0.393. The Morgan fingerprint density at radius 1 is 1.26 bits per heavy atom. The molecule has 100 valence electrons. The average Bonchev–Trinajstić information content (AvgIpc) is 3.02. The maximum absolute atomic E-state index is 4.32. The quantitative estimate of drug-likeness (QED) is 0.909. The van der Waals surface area contributed by atoms with Crippen molar-refractivity contribution in [2.24, 2.45) is 13.0 Å². The number of nitrogens with one attached hydrogen (secondary N) is 1. The van der Waals surface area contributed by atoms with E-state index in [-0.39, 0.29) is 0 Å². The predicted octanol–water partition coefficient (Wildman–Crippen LogP) is 2.49. The van der Waals surface area contributed by atoms with Crippen molar-refractivity contribution in [3.05, 3.63) is 53.3 Å². The van der Waals surface area contributed by atoms with Gasteiger partial charge in [-0.25, -0.2) is 0 Å². The minimum absolute atomic E-state index is 0.393. The first-order chi connectivity index (χ1) is 9.29. The zero-order chi connectivity index (χ0) is 13.2. The third-order valence-corrected chi connectivity index (χ3v) is 4.16. The minimum Gasteiger partial charge on any atom is -0.309 e. The standard InChI is InChI=1S/C16H21N3/c1-3-17-16(15-8-9-18-19(15)2)14-10-12-6-4-5-7-13(12)11-14/h4-9,14,16-17H,3,10-11H2,1-2H3. The van der Waals surface area contributed by atoms with E-state index in [0.717, 1.165) is 6.54 Å². The molecule has 3 nitrogen and oxygen atoms in total. The Kier molecular flexibility index (Phi) is 3.38. The van der Waals surface area contributed by atoms with Crippen molar-refractivity contribution >= 4 is 0 Å². The smallest absolute Gasteiger partial charge is 0.0553 e. The summed E-state index contributed by atoms with van der Waals surface area (Å²) in [5.74, 6) is 0.632. The number of hydrogen-bond acceptors (Lipinski definition) is 2. The van der Waals surface area contributed by atoms with Gasteiger partial charge in [0.2, 0.25) is 0 Å². The Hall–Kier alpha value is -1.61. The largest absolute Gasteiger partial charge is 0.309 e. The van der Waals surface area contributed by atoms with E-state index in [9.17, 15) is 0 Å². The van der Waals surface area contributed by atoms with E-state index in [1.807, 2.05) is 17.9 Å². The summed E-state index contributed by atoms with van der Waals surface area (Å²) in [4.78, 5) is 0. The number of rotatable bonds is 4. The maximum Gasteiger partial charge on any atom is 0.0553 e. The van der Waals surface area contributed by atoms with Crippen LogP contribution in [0.15, 0.2) is 36.5 Å². The lowest BCUT2D eigenvalue weighted by molar-refractivity contribution is 0.362. The van der Waals surface area contributed by atoms with Crippen molar-refractivity contribution < 1.29 is 0 Å². The van der Waals surface area contributed by atoms with E-state index in [2.05, 4.69) is 47.7 Å². The van der Waals surface area contributed by atoms with Crippen LogP contribution in [0.5, 0.6) is 0 Å². The molecule has 19 heavy (non-hydrogen) atoms. The zero-order valence-corrected chi connectivity index (χ0v) is 11.6. The summed E-state index contributed by atoms with van der Waals surface area (Å²) >= 11 is 0. The van der Waals surface area contributed by atoms with Gasteiger partial charge in [0, 0.05) is 13.2 Å². The molecule has 1 N–H and O–H groups in total. The molecule has 1 aromatic heterocycles.